The summed E-state index contributed by atoms with van der Waals surface area (Å²) in [5.74, 6) is -1.09. The molecule has 276 valence electrons. The van der Waals surface area contributed by atoms with Crippen molar-refractivity contribution in [1.29, 1.82) is 0 Å². The van der Waals surface area contributed by atoms with Crippen LogP contribution >= 0.6 is 0 Å². The Morgan fingerprint density at radius 1 is 0.755 bits per heavy atom. The van der Waals surface area contributed by atoms with Gasteiger partial charge in [-0.3, -0.25) is 19.2 Å². The number of nitrogens with one attached hydrogen (secondary N) is 4. The van der Waals surface area contributed by atoms with Crippen molar-refractivity contribution in [3.8, 4) is 5.75 Å². The van der Waals surface area contributed by atoms with E-state index >= 15 is 0 Å². The number of ether oxygens (including phenoxy) is 1. The van der Waals surface area contributed by atoms with E-state index in [-0.39, 0.29) is 36.0 Å². The van der Waals surface area contributed by atoms with Crippen LogP contribution in [0.3, 0.4) is 0 Å². The van der Waals surface area contributed by atoms with Crippen molar-refractivity contribution in [2.24, 2.45) is 5.92 Å². The molecule has 4 aromatic carbocycles. The molecule has 0 aliphatic carbocycles. The molecule has 0 aliphatic rings. The van der Waals surface area contributed by atoms with E-state index in [1.165, 1.54) is 6.07 Å². The van der Waals surface area contributed by atoms with Gasteiger partial charge in [0, 0.05) is 23.0 Å². The largest absolute Gasteiger partial charge is 0.483 e. The standard InChI is InChI=1S/C43H48N4O6/c1-27(2)40(47-42(51)36-25-37(48)33-20-11-12-21-34(33)45-36)43(52)46-35(23-31-18-9-6-10-19-31)38(49)24-32(22-30-16-7-5-8-17-30)44-39(50)26-53-41-28(3)14-13-15-29(41)4/h5-21,25,27,32,35,38,40,49H,22-24,26H2,1-4H3,(H,44,50)(H,45,48)(H,46,52)(H,47,51)/t32-,35-,38+,40+/m0/s1. The Hall–Kier alpha value is -5.74. The first kappa shape index (κ1) is 38.5. The van der Waals surface area contributed by atoms with Crippen LogP contribution in [0.15, 0.2) is 114 Å². The van der Waals surface area contributed by atoms with Crippen LogP contribution in [0.2, 0.25) is 0 Å². The lowest BCUT2D eigenvalue weighted by atomic mass is 9.93. The third kappa shape index (κ3) is 10.6. The highest BCUT2D eigenvalue weighted by molar-refractivity contribution is 5.98. The molecule has 3 amide bonds. The van der Waals surface area contributed by atoms with Crippen LogP contribution < -0.4 is 26.1 Å². The highest BCUT2D eigenvalue weighted by atomic mass is 16.5. The molecular weight excluding hydrogens is 668 g/mol. The number of carbonyl (C=O) groups excluding carboxylic acids is 3. The normalized spacial score (nSPS) is 13.5. The molecular formula is C43H48N4O6. The SMILES string of the molecule is Cc1cccc(C)c1OCC(=O)N[C@@H](Cc1ccccc1)C[C@@H](O)[C@H](Cc1ccccc1)NC(=O)[C@H](NC(=O)c1cc(=O)c2ccccc2[nH]1)C(C)C. The lowest BCUT2D eigenvalue weighted by molar-refractivity contribution is -0.126. The Balaban J connectivity index is 1.33. The highest BCUT2D eigenvalue weighted by Gasteiger charge is 2.31. The van der Waals surface area contributed by atoms with Crippen molar-refractivity contribution in [1.82, 2.24) is 20.9 Å². The highest BCUT2D eigenvalue weighted by Crippen LogP contribution is 2.22. The minimum absolute atomic E-state index is 0.0362. The molecule has 5 aromatic rings. The van der Waals surface area contributed by atoms with Crippen molar-refractivity contribution < 1.29 is 24.2 Å². The van der Waals surface area contributed by atoms with E-state index in [1.54, 1.807) is 24.3 Å². The first-order valence-corrected chi connectivity index (χ1v) is 18.0. The zero-order chi connectivity index (χ0) is 37.9. The lowest BCUT2D eigenvalue weighted by Gasteiger charge is -2.31. The van der Waals surface area contributed by atoms with Crippen LogP contribution in [0.4, 0.5) is 0 Å². The number of para-hydroxylation sites is 2. The van der Waals surface area contributed by atoms with Crippen LogP contribution in [0.5, 0.6) is 5.75 Å². The summed E-state index contributed by atoms with van der Waals surface area (Å²) >= 11 is 0. The number of aliphatic hydroxyl groups excluding tert-OH is 1. The minimum Gasteiger partial charge on any atom is -0.483 e. The smallest absolute Gasteiger partial charge is 0.268 e. The topological polar surface area (TPSA) is 150 Å². The number of carbonyl (C=O) groups is 3. The predicted octanol–water partition coefficient (Wildman–Crippen LogP) is 5.18. The summed E-state index contributed by atoms with van der Waals surface area (Å²) in [4.78, 5) is 56.4. The molecule has 10 nitrogen and oxygen atoms in total. The number of hydrogen-bond acceptors (Lipinski definition) is 6. The zero-order valence-electron chi connectivity index (χ0n) is 30.6. The van der Waals surface area contributed by atoms with E-state index in [9.17, 15) is 24.3 Å². The number of aryl methyl sites for hydroxylation is 2. The van der Waals surface area contributed by atoms with E-state index in [4.69, 9.17) is 4.74 Å². The molecule has 53 heavy (non-hydrogen) atoms. The molecule has 5 N–H and O–H groups in total. The summed E-state index contributed by atoms with van der Waals surface area (Å²) in [5, 5.41) is 21.2. The van der Waals surface area contributed by atoms with Crippen LogP contribution in [-0.2, 0) is 22.4 Å². The van der Waals surface area contributed by atoms with Crippen molar-refractivity contribution in [3.05, 3.63) is 147 Å². The third-order valence-electron chi connectivity index (χ3n) is 9.28. The van der Waals surface area contributed by atoms with Crippen molar-refractivity contribution in [2.75, 3.05) is 6.61 Å². The number of hydrogen-bond donors (Lipinski definition) is 5. The molecule has 1 aromatic heterocycles. The summed E-state index contributed by atoms with van der Waals surface area (Å²) in [6, 6.07) is 30.8. The van der Waals surface area contributed by atoms with E-state index in [0.29, 0.717) is 29.5 Å². The van der Waals surface area contributed by atoms with Crippen molar-refractivity contribution in [2.45, 2.75) is 71.2 Å². The van der Waals surface area contributed by atoms with Gasteiger partial charge in [0.2, 0.25) is 5.91 Å². The van der Waals surface area contributed by atoms with Crippen LogP contribution in [0.25, 0.3) is 10.9 Å². The number of H-pyrrole nitrogens is 1. The molecule has 0 bridgehead atoms. The number of rotatable bonds is 16. The fraction of sp³-hybridized carbons (Fsp3) is 0.302. The first-order chi connectivity index (χ1) is 25.5. The fourth-order valence-electron chi connectivity index (χ4n) is 6.48. The Morgan fingerprint density at radius 2 is 1.36 bits per heavy atom. The molecule has 0 saturated carbocycles. The van der Waals surface area contributed by atoms with Crippen LogP contribution in [0.1, 0.15) is 53.0 Å². The monoisotopic (exact) mass is 716 g/mol. The zero-order valence-corrected chi connectivity index (χ0v) is 30.6. The molecule has 4 atom stereocenters. The van der Waals surface area contributed by atoms with Gasteiger partial charge < -0.3 is 30.8 Å². The van der Waals surface area contributed by atoms with E-state index in [0.717, 1.165) is 22.3 Å². The molecule has 0 aliphatic heterocycles. The molecule has 0 unspecified atom stereocenters. The Morgan fingerprint density at radius 3 is 2.00 bits per heavy atom. The summed E-state index contributed by atoms with van der Waals surface area (Å²) in [6.45, 7) is 7.27. The maximum atomic E-state index is 14.0. The van der Waals surface area contributed by atoms with Crippen LogP contribution in [0, 0.1) is 19.8 Å². The summed E-state index contributed by atoms with van der Waals surface area (Å²) in [5.41, 5.74) is 3.95. The molecule has 1 heterocycles. The predicted molar refractivity (Wildman–Crippen MR) is 207 cm³/mol. The average molecular weight is 717 g/mol. The molecule has 0 spiro atoms. The Labute approximate surface area is 310 Å². The number of amides is 3. The average Bonchev–Trinajstić information content (AvgIpc) is 3.13. The van der Waals surface area contributed by atoms with Gasteiger partial charge in [0.1, 0.15) is 17.5 Å². The number of fused-ring (bicyclic) bond motifs is 1. The van der Waals surface area contributed by atoms with Gasteiger partial charge in [-0.15, -0.1) is 0 Å². The summed E-state index contributed by atoms with van der Waals surface area (Å²) in [7, 11) is 0. The van der Waals surface area contributed by atoms with Gasteiger partial charge in [0.15, 0.2) is 12.0 Å². The molecule has 10 heteroatoms. The van der Waals surface area contributed by atoms with Crippen molar-refractivity contribution in [3.63, 3.8) is 0 Å². The van der Waals surface area contributed by atoms with Gasteiger partial charge in [-0.05, 0) is 73.4 Å². The van der Waals surface area contributed by atoms with E-state index in [2.05, 4.69) is 20.9 Å². The van der Waals surface area contributed by atoms with Gasteiger partial charge in [0.25, 0.3) is 11.8 Å². The van der Waals surface area contributed by atoms with Crippen LogP contribution in [-0.4, -0.2) is 58.6 Å². The quantitative estimate of drug-likeness (QED) is 0.0950. The number of benzene rings is 4. The van der Waals surface area contributed by atoms with Gasteiger partial charge in [-0.25, -0.2) is 0 Å². The number of aromatic nitrogens is 1. The molecule has 5 rings (SSSR count). The van der Waals surface area contributed by atoms with Gasteiger partial charge in [0.05, 0.1) is 12.1 Å². The number of aliphatic hydroxyl groups is 1. The Bertz CT molecular complexity index is 2040. The second kappa shape index (κ2) is 18.1. The number of pyridine rings is 1. The summed E-state index contributed by atoms with van der Waals surface area (Å²) < 4.78 is 5.92. The second-order valence-electron chi connectivity index (χ2n) is 13.9. The van der Waals surface area contributed by atoms with Gasteiger partial charge in [-0.1, -0.05) is 105 Å². The second-order valence-corrected chi connectivity index (χ2v) is 13.9. The molecule has 0 fully saturated rings. The van der Waals surface area contributed by atoms with E-state index < -0.39 is 36.0 Å². The van der Waals surface area contributed by atoms with Gasteiger partial charge >= 0.3 is 0 Å². The fourth-order valence-corrected chi connectivity index (χ4v) is 6.48. The first-order valence-electron chi connectivity index (χ1n) is 18.0. The molecule has 0 saturated heterocycles. The molecule has 0 radical (unpaired) electrons. The van der Waals surface area contributed by atoms with E-state index in [1.807, 2.05) is 107 Å². The maximum absolute atomic E-state index is 14.0. The summed E-state index contributed by atoms with van der Waals surface area (Å²) in [6.07, 6.45) is -0.230. The minimum atomic E-state index is -1.09. The third-order valence-corrected chi connectivity index (χ3v) is 9.28. The lowest BCUT2D eigenvalue weighted by Crippen LogP contribution is -2.56. The van der Waals surface area contributed by atoms with Gasteiger partial charge in [-0.2, -0.15) is 0 Å². The number of aromatic amines is 1. The van der Waals surface area contributed by atoms with Crippen molar-refractivity contribution >= 4 is 28.6 Å². The maximum Gasteiger partial charge on any atom is 0.268 e. The Kier molecular flexibility index (Phi) is 13.2.